The first-order valence-electron chi connectivity index (χ1n) is 6.05. The first-order valence-corrected chi connectivity index (χ1v) is 7.79. The Balaban J connectivity index is 2.12. The van der Waals surface area contributed by atoms with Crippen molar-refractivity contribution in [3.05, 3.63) is 63.6 Å². The fourth-order valence-electron chi connectivity index (χ4n) is 1.64. The normalized spacial score (nSPS) is 9.95. The number of nitrogens with two attached hydrogens (primary N) is 1. The summed E-state index contributed by atoms with van der Waals surface area (Å²) in [4.78, 5) is 1.08. The van der Waals surface area contributed by atoms with Crippen molar-refractivity contribution < 1.29 is 0 Å². The summed E-state index contributed by atoms with van der Waals surface area (Å²) in [7, 11) is 0. The summed E-state index contributed by atoms with van der Waals surface area (Å²) >= 11 is 13.6. The predicted octanol–water partition coefficient (Wildman–Crippen LogP) is 4.60. The van der Waals surface area contributed by atoms with Gasteiger partial charge in [-0.15, -0.1) is 11.8 Å². The second-order valence-corrected chi connectivity index (χ2v) is 5.89. The molecule has 102 valence electrons. The van der Waals surface area contributed by atoms with Crippen LogP contribution in [0.2, 0.25) is 10.0 Å². The van der Waals surface area contributed by atoms with Crippen molar-refractivity contribution >= 4 is 35.0 Å². The third-order valence-corrected chi connectivity index (χ3v) is 4.41. The summed E-state index contributed by atoms with van der Waals surface area (Å²) in [6.07, 6.45) is 0. The molecular weight excluding hydrogens is 309 g/mol. The van der Waals surface area contributed by atoms with Crippen LogP contribution in [0.1, 0.15) is 11.1 Å². The van der Waals surface area contributed by atoms with E-state index in [-0.39, 0.29) is 0 Å². The predicted molar refractivity (Wildman–Crippen MR) is 88.4 cm³/mol. The molecule has 0 aliphatic carbocycles. The molecule has 2 rings (SSSR count). The van der Waals surface area contributed by atoms with Crippen molar-refractivity contribution in [2.24, 2.45) is 5.73 Å². The third kappa shape index (κ3) is 4.19. The van der Waals surface area contributed by atoms with Gasteiger partial charge in [0.1, 0.15) is 0 Å². The molecule has 0 heterocycles. The number of thioether (sulfide) groups is 1. The molecule has 1 nitrogen and oxygen atoms in total. The number of benzene rings is 2. The highest BCUT2D eigenvalue weighted by Gasteiger charge is 2.03. The van der Waals surface area contributed by atoms with Crippen LogP contribution in [0, 0.1) is 11.8 Å². The van der Waals surface area contributed by atoms with E-state index >= 15 is 0 Å². The zero-order valence-corrected chi connectivity index (χ0v) is 13.0. The molecule has 0 aromatic heterocycles. The number of hydrogen-bond acceptors (Lipinski definition) is 2. The van der Waals surface area contributed by atoms with Crippen LogP contribution in [0.15, 0.2) is 47.4 Å². The van der Waals surface area contributed by atoms with Crippen LogP contribution >= 0.6 is 35.0 Å². The van der Waals surface area contributed by atoms with Gasteiger partial charge < -0.3 is 5.73 Å². The highest BCUT2D eigenvalue weighted by Crippen LogP contribution is 2.30. The molecule has 0 aliphatic rings. The average Bonchev–Trinajstić information content (AvgIpc) is 2.47. The van der Waals surface area contributed by atoms with Gasteiger partial charge in [-0.2, -0.15) is 0 Å². The van der Waals surface area contributed by atoms with Gasteiger partial charge >= 0.3 is 0 Å². The Kier molecular flexibility index (Phi) is 5.82. The van der Waals surface area contributed by atoms with Crippen molar-refractivity contribution in [1.82, 2.24) is 0 Å². The molecule has 0 bridgehead atoms. The van der Waals surface area contributed by atoms with Crippen molar-refractivity contribution in [2.45, 2.75) is 10.6 Å². The maximum atomic E-state index is 6.01. The van der Waals surface area contributed by atoms with Crippen LogP contribution in [-0.4, -0.2) is 6.54 Å². The Labute approximate surface area is 133 Å². The molecule has 0 saturated carbocycles. The maximum Gasteiger partial charge on any atom is 0.0603 e. The molecule has 2 aromatic carbocycles. The minimum absolute atomic E-state index is 0.369. The molecule has 0 atom stereocenters. The third-order valence-electron chi connectivity index (χ3n) is 2.63. The monoisotopic (exact) mass is 321 g/mol. The number of hydrogen-bond donors (Lipinski definition) is 1. The Hall–Kier alpha value is -1.11. The summed E-state index contributed by atoms with van der Waals surface area (Å²) in [6, 6.07) is 13.7. The van der Waals surface area contributed by atoms with Gasteiger partial charge in [0.05, 0.1) is 16.6 Å². The van der Waals surface area contributed by atoms with Crippen LogP contribution < -0.4 is 5.73 Å². The molecule has 20 heavy (non-hydrogen) atoms. The standard InChI is InChI=1S/C16H13Cl2NS/c17-15-8-7-14(10-16(15)18)20-11-13-5-2-1-4-12(13)6-3-9-19/h1-2,4-5,7-8,10H,9,11,19H2. The highest BCUT2D eigenvalue weighted by atomic mass is 35.5. The van der Waals surface area contributed by atoms with Crippen molar-refractivity contribution in [1.29, 1.82) is 0 Å². The van der Waals surface area contributed by atoms with Crippen LogP contribution in [0.5, 0.6) is 0 Å². The SMILES string of the molecule is NCC#Cc1ccccc1CSc1ccc(Cl)c(Cl)c1. The first-order chi connectivity index (χ1) is 9.70. The minimum Gasteiger partial charge on any atom is -0.320 e. The Morgan fingerprint density at radius 3 is 2.60 bits per heavy atom. The summed E-state index contributed by atoms with van der Waals surface area (Å²) in [6.45, 7) is 0.369. The lowest BCUT2D eigenvalue weighted by molar-refractivity contribution is 1.30. The van der Waals surface area contributed by atoms with Gasteiger partial charge in [-0.3, -0.25) is 0 Å². The lowest BCUT2D eigenvalue weighted by Crippen LogP contribution is -1.94. The van der Waals surface area contributed by atoms with Crippen LogP contribution in [-0.2, 0) is 5.75 Å². The summed E-state index contributed by atoms with van der Waals surface area (Å²) < 4.78 is 0. The summed E-state index contributed by atoms with van der Waals surface area (Å²) in [5.74, 6) is 6.81. The number of rotatable bonds is 3. The van der Waals surface area contributed by atoms with E-state index in [2.05, 4.69) is 17.9 Å². The van der Waals surface area contributed by atoms with E-state index in [9.17, 15) is 0 Å². The van der Waals surface area contributed by atoms with E-state index in [0.29, 0.717) is 16.6 Å². The zero-order valence-electron chi connectivity index (χ0n) is 10.7. The molecule has 4 heteroatoms. The first kappa shape index (κ1) is 15.3. The quantitative estimate of drug-likeness (QED) is 0.660. The molecule has 0 amide bonds. The topological polar surface area (TPSA) is 26.0 Å². The van der Waals surface area contributed by atoms with Gasteiger partial charge in [0.25, 0.3) is 0 Å². The van der Waals surface area contributed by atoms with Crippen LogP contribution in [0.3, 0.4) is 0 Å². The van der Waals surface area contributed by atoms with Crippen molar-refractivity contribution in [3.8, 4) is 11.8 Å². The Morgan fingerprint density at radius 2 is 1.85 bits per heavy atom. The average molecular weight is 322 g/mol. The van der Waals surface area contributed by atoms with Crippen LogP contribution in [0.4, 0.5) is 0 Å². The second-order valence-electron chi connectivity index (χ2n) is 4.03. The second kappa shape index (κ2) is 7.61. The molecule has 0 aliphatic heterocycles. The van der Waals surface area contributed by atoms with Crippen molar-refractivity contribution in [2.75, 3.05) is 6.54 Å². The minimum atomic E-state index is 0.369. The van der Waals surface area contributed by atoms with E-state index < -0.39 is 0 Å². The van der Waals surface area contributed by atoms with Gasteiger partial charge in [0.2, 0.25) is 0 Å². The molecular formula is C16H13Cl2NS. The maximum absolute atomic E-state index is 6.01. The smallest absolute Gasteiger partial charge is 0.0603 e. The van der Waals surface area contributed by atoms with E-state index in [4.69, 9.17) is 28.9 Å². The van der Waals surface area contributed by atoms with E-state index in [1.807, 2.05) is 36.4 Å². The molecule has 0 saturated heterocycles. The Morgan fingerprint density at radius 1 is 1.05 bits per heavy atom. The summed E-state index contributed by atoms with van der Waals surface area (Å²) in [5, 5.41) is 1.15. The van der Waals surface area contributed by atoms with Crippen molar-refractivity contribution in [3.63, 3.8) is 0 Å². The zero-order chi connectivity index (χ0) is 14.4. The van der Waals surface area contributed by atoms with Gasteiger partial charge in [0, 0.05) is 16.2 Å². The largest absolute Gasteiger partial charge is 0.320 e. The van der Waals surface area contributed by atoms with Gasteiger partial charge in [0.15, 0.2) is 0 Å². The molecule has 0 spiro atoms. The van der Waals surface area contributed by atoms with E-state index in [0.717, 1.165) is 16.2 Å². The van der Waals surface area contributed by atoms with Gasteiger partial charge in [-0.05, 0) is 29.8 Å². The number of halogens is 2. The molecule has 0 radical (unpaired) electrons. The summed E-state index contributed by atoms with van der Waals surface area (Å²) in [5.41, 5.74) is 7.62. The lowest BCUT2D eigenvalue weighted by Gasteiger charge is -2.05. The van der Waals surface area contributed by atoms with E-state index in [1.54, 1.807) is 11.8 Å². The molecule has 2 aromatic rings. The fraction of sp³-hybridized carbons (Fsp3) is 0.125. The van der Waals surface area contributed by atoms with Gasteiger partial charge in [-0.25, -0.2) is 0 Å². The van der Waals surface area contributed by atoms with E-state index in [1.165, 1.54) is 5.56 Å². The lowest BCUT2D eigenvalue weighted by atomic mass is 10.1. The van der Waals surface area contributed by atoms with Gasteiger partial charge in [-0.1, -0.05) is 53.2 Å². The fourth-order valence-corrected chi connectivity index (χ4v) is 2.94. The molecule has 2 N–H and O–H groups in total. The Bertz CT molecular complexity index is 659. The molecule has 0 fully saturated rings. The van der Waals surface area contributed by atoms with Crippen LogP contribution in [0.25, 0.3) is 0 Å². The highest BCUT2D eigenvalue weighted by molar-refractivity contribution is 7.98. The molecule has 0 unspecified atom stereocenters.